The molecular formula is C27H42N2. The minimum absolute atomic E-state index is 0.176. The van der Waals surface area contributed by atoms with Crippen molar-refractivity contribution in [3.63, 3.8) is 0 Å². The van der Waals surface area contributed by atoms with Crippen LogP contribution in [0.25, 0.3) is 0 Å². The Hall–Kier alpha value is -1.67. The smallest absolute Gasteiger partial charge is 0.0396 e. The first-order chi connectivity index (χ1) is 13.6. The Balaban J connectivity index is 2.17. The van der Waals surface area contributed by atoms with Crippen molar-refractivity contribution in [3.8, 4) is 0 Å². The van der Waals surface area contributed by atoms with E-state index in [1.54, 1.807) is 0 Å². The molecule has 2 nitrogen and oxygen atoms in total. The highest BCUT2D eigenvalue weighted by atomic mass is 15.1. The zero-order valence-corrected chi connectivity index (χ0v) is 19.5. The van der Waals surface area contributed by atoms with Crippen molar-refractivity contribution in [2.75, 3.05) is 26.7 Å². The van der Waals surface area contributed by atoms with Gasteiger partial charge in [-0.1, -0.05) is 76.5 Å². The molecule has 2 aliphatic rings. The molecule has 1 heterocycles. The van der Waals surface area contributed by atoms with Gasteiger partial charge in [0, 0.05) is 31.3 Å². The van der Waals surface area contributed by atoms with Gasteiger partial charge in [0.1, 0.15) is 0 Å². The lowest BCUT2D eigenvalue weighted by Crippen LogP contribution is -2.41. The van der Waals surface area contributed by atoms with Crippen molar-refractivity contribution >= 4 is 5.71 Å². The van der Waals surface area contributed by atoms with Gasteiger partial charge < -0.3 is 0 Å². The van der Waals surface area contributed by atoms with Gasteiger partial charge in [0.05, 0.1) is 0 Å². The molecule has 0 radical (unpaired) electrons. The number of hydrogen-bond acceptors (Lipinski definition) is 2. The Kier molecular flexibility index (Phi) is 8.05. The lowest BCUT2D eigenvalue weighted by Gasteiger charge is -2.43. The SMILES string of the molecule is C=CC(=C)/C=C\C1(C)C/C=C\C(C)(C2CCN=C2CN(C)CC(=C)C)C(C)CC1. The first kappa shape index (κ1) is 23.6. The molecule has 160 valence electrons. The number of allylic oxidation sites excluding steroid dienone is 6. The molecule has 0 fully saturated rings. The fourth-order valence-electron chi connectivity index (χ4n) is 4.93. The van der Waals surface area contributed by atoms with Crippen LogP contribution in [0.5, 0.6) is 0 Å². The summed E-state index contributed by atoms with van der Waals surface area (Å²) in [6.07, 6.45) is 15.9. The highest BCUT2D eigenvalue weighted by molar-refractivity contribution is 5.91. The normalized spacial score (nSPS) is 33.9. The molecule has 0 amide bonds. The lowest BCUT2D eigenvalue weighted by atomic mass is 9.62. The van der Waals surface area contributed by atoms with Crippen molar-refractivity contribution < 1.29 is 0 Å². The van der Waals surface area contributed by atoms with E-state index in [-0.39, 0.29) is 10.8 Å². The Bertz CT molecular complexity index is 710. The molecule has 1 aliphatic heterocycles. The highest BCUT2D eigenvalue weighted by Crippen LogP contribution is 2.47. The van der Waals surface area contributed by atoms with E-state index in [1.165, 1.54) is 30.5 Å². The first-order valence-electron chi connectivity index (χ1n) is 11.1. The third kappa shape index (κ3) is 6.15. The van der Waals surface area contributed by atoms with Gasteiger partial charge in [0.15, 0.2) is 0 Å². The van der Waals surface area contributed by atoms with Gasteiger partial charge in [-0.15, -0.1) is 0 Å². The van der Waals surface area contributed by atoms with Crippen molar-refractivity contribution in [2.24, 2.45) is 27.7 Å². The second-order valence-electron chi connectivity index (χ2n) is 10.0. The van der Waals surface area contributed by atoms with Gasteiger partial charge >= 0.3 is 0 Å². The van der Waals surface area contributed by atoms with E-state index in [0.717, 1.165) is 31.6 Å². The summed E-state index contributed by atoms with van der Waals surface area (Å²) >= 11 is 0. The van der Waals surface area contributed by atoms with Gasteiger partial charge in [0.2, 0.25) is 0 Å². The van der Waals surface area contributed by atoms with E-state index in [0.29, 0.717) is 11.8 Å². The molecule has 0 N–H and O–H groups in total. The van der Waals surface area contributed by atoms with Crippen LogP contribution >= 0.6 is 0 Å². The van der Waals surface area contributed by atoms with Crippen LogP contribution in [-0.4, -0.2) is 37.3 Å². The lowest BCUT2D eigenvalue weighted by molar-refractivity contribution is 0.171. The third-order valence-electron chi connectivity index (χ3n) is 7.09. The van der Waals surface area contributed by atoms with Crippen molar-refractivity contribution in [2.45, 2.75) is 53.4 Å². The summed E-state index contributed by atoms with van der Waals surface area (Å²) in [5, 5.41) is 0. The second-order valence-corrected chi connectivity index (χ2v) is 10.0. The second kappa shape index (κ2) is 9.89. The molecular weight excluding hydrogens is 352 g/mol. The molecule has 2 rings (SSSR count). The Morgan fingerprint density at radius 2 is 2.03 bits per heavy atom. The maximum absolute atomic E-state index is 4.94. The average molecular weight is 395 g/mol. The molecule has 0 spiro atoms. The predicted molar refractivity (Wildman–Crippen MR) is 130 cm³/mol. The number of hydrogen-bond donors (Lipinski definition) is 0. The van der Waals surface area contributed by atoms with Crippen LogP contribution in [0.15, 0.2) is 66.3 Å². The van der Waals surface area contributed by atoms with Crippen LogP contribution < -0.4 is 0 Å². The number of rotatable bonds is 8. The van der Waals surface area contributed by atoms with Crippen molar-refractivity contribution in [1.29, 1.82) is 0 Å². The van der Waals surface area contributed by atoms with Crippen LogP contribution in [0.4, 0.5) is 0 Å². The number of nitrogens with zero attached hydrogens (tertiary/aromatic N) is 2. The number of aliphatic imine (C=N–C) groups is 1. The van der Waals surface area contributed by atoms with Gasteiger partial charge in [-0.25, -0.2) is 0 Å². The maximum Gasteiger partial charge on any atom is 0.0396 e. The third-order valence-corrected chi connectivity index (χ3v) is 7.09. The van der Waals surface area contributed by atoms with E-state index >= 15 is 0 Å². The van der Waals surface area contributed by atoms with E-state index in [9.17, 15) is 0 Å². The van der Waals surface area contributed by atoms with Gasteiger partial charge in [-0.3, -0.25) is 9.89 Å². The summed E-state index contributed by atoms with van der Waals surface area (Å²) in [6.45, 7) is 24.1. The zero-order chi connectivity index (χ0) is 21.7. The van der Waals surface area contributed by atoms with Crippen molar-refractivity contribution in [3.05, 3.63) is 61.3 Å². The molecule has 4 unspecified atom stereocenters. The quantitative estimate of drug-likeness (QED) is 0.333. The zero-order valence-electron chi connectivity index (χ0n) is 19.5. The molecule has 0 saturated carbocycles. The summed E-state index contributed by atoms with van der Waals surface area (Å²) in [4.78, 5) is 7.30. The molecule has 0 aromatic carbocycles. The van der Waals surface area contributed by atoms with Gasteiger partial charge in [0.25, 0.3) is 0 Å². The monoisotopic (exact) mass is 394 g/mol. The summed E-state index contributed by atoms with van der Waals surface area (Å²) in [5.74, 6) is 1.16. The number of likely N-dealkylation sites (N-methyl/N-ethyl adjacent to an activating group) is 1. The topological polar surface area (TPSA) is 15.6 Å². The maximum atomic E-state index is 4.94. The van der Waals surface area contributed by atoms with Crippen LogP contribution in [0, 0.1) is 22.7 Å². The van der Waals surface area contributed by atoms with E-state index in [1.807, 2.05) is 6.08 Å². The predicted octanol–water partition coefficient (Wildman–Crippen LogP) is 6.64. The average Bonchev–Trinajstić information content (AvgIpc) is 3.11. The highest BCUT2D eigenvalue weighted by Gasteiger charge is 2.42. The summed E-state index contributed by atoms with van der Waals surface area (Å²) in [6, 6.07) is 0. The van der Waals surface area contributed by atoms with Crippen molar-refractivity contribution in [1.82, 2.24) is 4.90 Å². The molecule has 0 saturated heterocycles. The fourth-order valence-corrected chi connectivity index (χ4v) is 4.93. The summed E-state index contributed by atoms with van der Waals surface area (Å²) in [5.41, 5.74) is 3.94. The van der Waals surface area contributed by atoms with E-state index in [4.69, 9.17) is 4.99 Å². The fraction of sp³-hybridized carbons (Fsp3) is 0.593. The van der Waals surface area contributed by atoms with Crippen LogP contribution in [-0.2, 0) is 0 Å². The molecule has 4 atom stereocenters. The Morgan fingerprint density at radius 1 is 1.31 bits per heavy atom. The first-order valence-corrected chi connectivity index (χ1v) is 11.1. The van der Waals surface area contributed by atoms with Crippen LogP contribution in [0.2, 0.25) is 0 Å². The molecule has 0 aromatic rings. The Morgan fingerprint density at radius 3 is 2.69 bits per heavy atom. The molecule has 29 heavy (non-hydrogen) atoms. The molecule has 0 aromatic heterocycles. The van der Waals surface area contributed by atoms with Crippen LogP contribution in [0.3, 0.4) is 0 Å². The Labute approximate surface area is 179 Å². The van der Waals surface area contributed by atoms with E-state index in [2.05, 4.69) is 83.7 Å². The van der Waals surface area contributed by atoms with E-state index < -0.39 is 0 Å². The standard InChI is InChI=1S/C27H42N2/c1-9-22(4)11-16-26(6)14-10-15-27(7,23(5)12-17-26)24-13-18-28-25(24)20-29(8)19-21(2)3/h9-11,15-16,23-24H,1-2,4,12-14,17-20H2,3,5-8H3/b15-10-,16-11-. The molecule has 1 aliphatic carbocycles. The minimum Gasteiger partial charge on any atom is -0.297 e. The van der Waals surface area contributed by atoms with Gasteiger partial charge in [-0.05, 0) is 62.0 Å². The summed E-state index contributed by atoms with van der Waals surface area (Å²) in [7, 11) is 2.18. The molecule has 2 heteroatoms. The summed E-state index contributed by atoms with van der Waals surface area (Å²) < 4.78 is 0. The van der Waals surface area contributed by atoms with Crippen LogP contribution in [0.1, 0.15) is 53.4 Å². The minimum atomic E-state index is 0.176. The van der Waals surface area contributed by atoms with Gasteiger partial charge in [-0.2, -0.15) is 0 Å². The molecule has 0 bridgehead atoms. The largest absolute Gasteiger partial charge is 0.297 e.